The van der Waals surface area contributed by atoms with E-state index in [0.717, 1.165) is 18.4 Å². The van der Waals surface area contributed by atoms with E-state index in [-0.39, 0.29) is 11.8 Å². The standard InChI is InChI=1S/C22H24ClN3O2/c23-18-10-6-9-16-17(18)14-26(22(16)28)19(13-15-7-2-1-3-8-15)21(27)25-20-11-4-5-12-24-20/h4-6,9-12,15,19H,1-3,7-8,13-14H2,(H,24,25,27). The van der Waals surface area contributed by atoms with Crippen molar-refractivity contribution in [1.82, 2.24) is 9.88 Å². The SMILES string of the molecule is O=C(Nc1ccccn1)C(CC1CCCCC1)N1Cc2c(Cl)cccc2C1=O. The maximum atomic E-state index is 13.2. The van der Waals surface area contributed by atoms with Gasteiger partial charge in [-0.3, -0.25) is 9.59 Å². The zero-order valence-corrected chi connectivity index (χ0v) is 16.5. The number of rotatable bonds is 5. The first-order chi connectivity index (χ1) is 13.6. The molecule has 2 aliphatic rings. The molecule has 0 spiro atoms. The highest BCUT2D eigenvalue weighted by molar-refractivity contribution is 6.32. The van der Waals surface area contributed by atoms with Crippen LogP contribution in [0.4, 0.5) is 5.82 Å². The Hall–Kier alpha value is -2.40. The van der Waals surface area contributed by atoms with Gasteiger partial charge in [-0.05, 0) is 36.6 Å². The maximum Gasteiger partial charge on any atom is 0.255 e. The fourth-order valence-electron chi connectivity index (χ4n) is 4.33. The quantitative estimate of drug-likeness (QED) is 0.797. The van der Waals surface area contributed by atoms with E-state index in [1.165, 1.54) is 19.3 Å². The minimum absolute atomic E-state index is 0.116. The molecule has 1 aromatic carbocycles. The van der Waals surface area contributed by atoms with Crippen molar-refractivity contribution < 1.29 is 9.59 Å². The molecule has 1 N–H and O–H groups in total. The lowest BCUT2D eigenvalue weighted by Crippen LogP contribution is -2.45. The number of fused-ring (bicyclic) bond motifs is 1. The zero-order valence-electron chi connectivity index (χ0n) is 15.7. The van der Waals surface area contributed by atoms with E-state index in [1.54, 1.807) is 41.4 Å². The van der Waals surface area contributed by atoms with Crippen molar-refractivity contribution in [1.29, 1.82) is 0 Å². The Kier molecular flexibility index (Phi) is 5.62. The number of nitrogens with zero attached hydrogens (tertiary/aromatic N) is 2. The number of halogens is 1. The van der Waals surface area contributed by atoms with Gasteiger partial charge in [-0.1, -0.05) is 55.8 Å². The summed E-state index contributed by atoms with van der Waals surface area (Å²) in [6.45, 7) is 0.376. The highest BCUT2D eigenvalue weighted by atomic mass is 35.5. The molecule has 0 bridgehead atoms. The lowest BCUT2D eigenvalue weighted by molar-refractivity contribution is -0.121. The van der Waals surface area contributed by atoms with E-state index in [1.807, 2.05) is 6.07 Å². The average Bonchev–Trinajstić information content (AvgIpc) is 3.05. The van der Waals surface area contributed by atoms with Gasteiger partial charge < -0.3 is 10.2 Å². The normalized spacial score (nSPS) is 18.0. The van der Waals surface area contributed by atoms with Crippen LogP contribution in [0.1, 0.15) is 54.4 Å². The van der Waals surface area contributed by atoms with E-state index in [4.69, 9.17) is 11.6 Å². The minimum atomic E-state index is -0.527. The third kappa shape index (κ3) is 3.90. The smallest absolute Gasteiger partial charge is 0.255 e. The van der Waals surface area contributed by atoms with Gasteiger partial charge in [-0.2, -0.15) is 0 Å². The molecule has 1 aliphatic carbocycles. The summed E-state index contributed by atoms with van der Waals surface area (Å²) in [5.41, 5.74) is 1.42. The third-order valence-electron chi connectivity index (χ3n) is 5.81. The molecule has 5 nitrogen and oxygen atoms in total. The number of pyridine rings is 1. The lowest BCUT2D eigenvalue weighted by Gasteiger charge is -2.31. The molecule has 1 atom stereocenters. The molecule has 1 aliphatic heterocycles. The molecular formula is C22H24ClN3O2. The molecule has 1 saturated carbocycles. The van der Waals surface area contributed by atoms with E-state index in [0.29, 0.717) is 35.3 Å². The van der Waals surface area contributed by atoms with Crippen LogP contribution in [-0.4, -0.2) is 27.7 Å². The largest absolute Gasteiger partial charge is 0.322 e. The van der Waals surface area contributed by atoms with Crippen LogP contribution in [0.2, 0.25) is 5.02 Å². The van der Waals surface area contributed by atoms with Crippen molar-refractivity contribution >= 4 is 29.2 Å². The first-order valence-corrected chi connectivity index (χ1v) is 10.3. The highest BCUT2D eigenvalue weighted by Gasteiger charge is 2.38. The Morgan fingerprint density at radius 3 is 2.71 bits per heavy atom. The Labute approximate surface area is 170 Å². The molecular weight excluding hydrogens is 374 g/mol. The van der Waals surface area contributed by atoms with Crippen LogP contribution in [0.15, 0.2) is 42.6 Å². The summed E-state index contributed by atoms with van der Waals surface area (Å²) < 4.78 is 0. The van der Waals surface area contributed by atoms with Crippen LogP contribution in [0.25, 0.3) is 0 Å². The van der Waals surface area contributed by atoms with E-state index < -0.39 is 6.04 Å². The maximum absolute atomic E-state index is 13.2. The Balaban J connectivity index is 1.58. The van der Waals surface area contributed by atoms with Crippen molar-refractivity contribution in [3.05, 3.63) is 58.7 Å². The molecule has 2 aromatic rings. The Morgan fingerprint density at radius 2 is 2.00 bits per heavy atom. The van der Waals surface area contributed by atoms with Gasteiger partial charge in [0.05, 0.1) is 0 Å². The molecule has 4 rings (SSSR count). The molecule has 1 aromatic heterocycles. The first kappa shape index (κ1) is 18.9. The molecule has 0 saturated heterocycles. The number of aromatic nitrogens is 1. The van der Waals surface area contributed by atoms with Gasteiger partial charge in [-0.25, -0.2) is 4.98 Å². The number of carbonyl (C=O) groups is 2. The fraction of sp³-hybridized carbons (Fsp3) is 0.409. The van der Waals surface area contributed by atoms with Crippen molar-refractivity contribution in [2.45, 2.75) is 51.1 Å². The van der Waals surface area contributed by atoms with Gasteiger partial charge >= 0.3 is 0 Å². The van der Waals surface area contributed by atoms with Gasteiger partial charge in [0.2, 0.25) is 5.91 Å². The number of amides is 2. The van der Waals surface area contributed by atoms with Gasteiger partial charge in [0.25, 0.3) is 5.91 Å². The number of hydrogen-bond acceptors (Lipinski definition) is 3. The second-order valence-corrected chi connectivity index (χ2v) is 8.07. The van der Waals surface area contributed by atoms with E-state index in [2.05, 4.69) is 10.3 Å². The Bertz CT molecular complexity index is 865. The van der Waals surface area contributed by atoms with E-state index >= 15 is 0 Å². The minimum Gasteiger partial charge on any atom is -0.322 e. The predicted octanol–water partition coefficient (Wildman–Crippen LogP) is 4.67. The van der Waals surface area contributed by atoms with Gasteiger partial charge in [0.1, 0.15) is 11.9 Å². The molecule has 1 unspecified atom stereocenters. The van der Waals surface area contributed by atoms with Gasteiger partial charge in [0.15, 0.2) is 0 Å². The summed E-state index contributed by atoms with van der Waals surface area (Å²) in [5, 5.41) is 3.47. The summed E-state index contributed by atoms with van der Waals surface area (Å²) >= 11 is 6.32. The molecule has 146 valence electrons. The summed E-state index contributed by atoms with van der Waals surface area (Å²) in [6.07, 6.45) is 8.19. The average molecular weight is 398 g/mol. The van der Waals surface area contributed by atoms with Crippen molar-refractivity contribution in [2.75, 3.05) is 5.32 Å². The van der Waals surface area contributed by atoms with Crippen LogP contribution in [-0.2, 0) is 11.3 Å². The second kappa shape index (κ2) is 8.31. The molecule has 2 amide bonds. The zero-order chi connectivity index (χ0) is 19.5. The molecule has 28 heavy (non-hydrogen) atoms. The van der Waals surface area contributed by atoms with Crippen molar-refractivity contribution in [3.63, 3.8) is 0 Å². The second-order valence-electron chi connectivity index (χ2n) is 7.66. The Morgan fingerprint density at radius 1 is 1.18 bits per heavy atom. The first-order valence-electron chi connectivity index (χ1n) is 9.93. The lowest BCUT2D eigenvalue weighted by atomic mass is 9.84. The topological polar surface area (TPSA) is 62.3 Å². The van der Waals surface area contributed by atoms with E-state index in [9.17, 15) is 9.59 Å². The number of hydrogen-bond donors (Lipinski definition) is 1. The van der Waals surface area contributed by atoms with Crippen LogP contribution >= 0.6 is 11.6 Å². The molecule has 6 heteroatoms. The fourth-order valence-corrected chi connectivity index (χ4v) is 4.56. The van der Waals surface area contributed by atoms with Crippen LogP contribution < -0.4 is 5.32 Å². The van der Waals surface area contributed by atoms with Crippen molar-refractivity contribution in [3.8, 4) is 0 Å². The molecule has 2 heterocycles. The van der Waals surface area contributed by atoms with Crippen LogP contribution in [0.5, 0.6) is 0 Å². The third-order valence-corrected chi connectivity index (χ3v) is 6.17. The van der Waals surface area contributed by atoms with Gasteiger partial charge in [-0.15, -0.1) is 0 Å². The number of carbonyl (C=O) groups excluding carboxylic acids is 2. The predicted molar refractivity (Wildman–Crippen MR) is 109 cm³/mol. The van der Waals surface area contributed by atoms with Crippen LogP contribution in [0, 0.1) is 5.92 Å². The highest BCUT2D eigenvalue weighted by Crippen LogP contribution is 2.34. The summed E-state index contributed by atoms with van der Waals surface area (Å²) in [5.74, 6) is 0.666. The number of anilines is 1. The summed E-state index contributed by atoms with van der Waals surface area (Å²) in [7, 11) is 0. The number of benzene rings is 1. The molecule has 1 fully saturated rings. The summed E-state index contributed by atoms with van der Waals surface area (Å²) in [6, 6.07) is 10.2. The molecule has 0 radical (unpaired) electrons. The number of nitrogens with one attached hydrogen (secondary N) is 1. The monoisotopic (exact) mass is 397 g/mol. The van der Waals surface area contributed by atoms with Crippen molar-refractivity contribution in [2.24, 2.45) is 5.92 Å². The van der Waals surface area contributed by atoms with Gasteiger partial charge in [0, 0.05) is 28.9 Å². The summed E-state index contributed by atoms with van der Waals surface area (Å²) in [4.78, 5) is 32.1. The van der Waals surface area contributed by atoms with Crippen LogP contribution in [0.3, 0.4) is 0 Å².